The molecule has 4 heteroatoms. The first-order chi connectivity index (χ1) is 9.30. The van der Waals surface area contributed by atoms with Gasteiger partial charge in [0.1, 0.15) is 6.23 Å². The molecular formula is C15H24N2O2. The first-order valence-corrected chi connectivity index (χ1v) is 6.72. The van der Waals surface area contributed by atoms with Gasteiger partial charge in [0, 0.05) is 32.3 Å². The van der Waals surface area contributed by atoms with Crippen molar-refractivity contribution in [3.63, 3.8) is 0 Å². The van der Waals surface area contributed by atoms with Gasteiger partial charge in [-0.05, 0) is 12.0 Å². The molecule has 0 spiro atoms. The van der Waals surface area contributed by atoms with Crippen molar-refractivity contribution >= 4 is 6.21 Å². The van der Waals surface area contributed by atoms with Crippen molar-refractivity contribution in [1.29, 1.82) is 0 Å². The monoisotopic (exact) mass is 264 g/mol. The lowest BCUT2D eigenvalue weighted by atomic mass is 10.1. The van der Waals surface area contributed by atoms with Crippen LogP contribution < -0.4 is 5.32 Å². The fourth-order valence-electron chi connectivity index (χ4n) is 1.76. The van der Waals surface area contributed by atoms with Gasteiger partial charge in [-0.2, -0.15) is 0 Å². The third kappa shape index (κ3) is 6.47. The summed E-state index contributed by atoms with van der Waals surface area (Å²) in [5, 5.41) is 12.7. The minimum absolute atomic E-state index is 0.0147. The van der Waals surface area contributed by atoms with Gasteiger partial charge in [-0.15, -0.1) is 0 Å². The van der Waals surface area contributed by atoms with Crippen LogP contribution in [0.25, 0.3) is 0 Å². The average Bonchev–Trinajstić information content (AvgIpc) is 2.47. The summed E-state index contributed by atoms with van der Waals surface area (Å²) in [6, 6.07) is 10.1. The Hall–Kier alpha value is -1.23. The molecule has 0 radical (unpaired) electrons. The van der Waals surface area contributed by atoms with Gasteiger partial charge >= 0.3 is 0 Å². The molecular weight excluding hydrogens is 240 g/mol. The summed E-state index contributed by atoms with van der Waals surface area (Å²) in [6.45, 7) is 2.85. The lowest BCUT2D eigenvalue weighted by molar-refractivity contribution is 0.0825. The third-order valence-electron chi connectivity index (χ3n) is 2.87. The highest BCUT2D eigenvalue weighted by molar-refractivity contribution is 5.56. The Bertz CT molecular complexity index is 354. The Morgan fingerprint density at radius 2 is 2.11 bits per heavy atom. The van der Waals surface area contributed by atoms with Crippen LogP contribution in [0.5, 0.6) is 0 Å². The minimum Gasteiger partial charge on any atom is -0.395 e. The van der Waals surface area contributed by atoms with Gasteiger partial charge in [0.15, 0.2) is 0 Å². The third-order valence-corrected chi connectivity index (χ3v) is 2.87. The van der Waals surface area contributed by atoms with E-state index in [1.807, 2.05) is 31.3 Å². The maximum Gasteiger partial charge on any atom is 0.149 e. The second-order valence-electron chi connectivity index (χ2n) is 4.41. The van der Waals surface area contributed by atoms with Crippen molar-refractivity contribution < 1.29 is 9.84 Å². The summed E-state index contributed by atoms with van der Waals surface area (Å²) in [5.74, 6) is 0. The summed E-state index contributed by atoms with van der Waals surface area (Å²) in [7, 11) is 1.64. The number of rotatable bonds is 9. The van der Waals surface area contributed by atoms with Crippen molar-refractivity contribution in [3.8, 4) is 0 Å². The van der Waals surface area contributed by atoms with Crippen LogP contribution in [-0.2, 0) is 11.3 Å². The largest absolute Gasteiger partial charge is 0.395 e. The molecule has 1 unspecified atom stereocenters. The summed E-state index contributed by atoms with van der Waals surface area (Å²) >= 11 is 0. The van der Waals surface area contributed by atoms with Crippen LogP contribution in [-0.4, -0.2) is 37.3 Å². The normalized spacial score (nSPS) is 14.7. The van der Waals surface area contributed by atoms with E-state index < -0.39 is 0 Å². The van der Waals surface area contributed by atoms with Crippen LogP contribution in [0.2, 0.25) is 0 Å². The van der Waals surface area contributed by atoms with Crippen molar-refractivity contribution in [2.75, 3.05) is 13.7 Å². The second kappa shape index (κ2) is 9.67. The lowest BCUT2D eigenvalue weighted by Crippen LogP contribution is -2.35. The Kier molecular flexibility index (Phi) is 8.05. The molecule has 1 aromatic rings. The minimum atomic E-state index is -0.194. The Labute approximate surface area is 115 Å². The molecule has 1 aromatic carbocycles. The van der Waals surface area contributed by atoms with Crippen molar-refractivity contribution in [2.24, 2.45) is 4.99 Å². The molecule has 4 nitrogen and oxygen atoms in total. The van der Waals surface area contributed by atoms with Gasteiger partial charge in [-0.1, -0.05) is 37.3 Å². The SMILES string of the molecule is CC/C=N\C(C[C@@H](CO)NCc1ccccc1)OC. The maximum absolute atomic E-state index is 9.40. The zero-order valence-corrected chi connectivity index (χ0v) is 11.7. The van der Waals surface area contributed by atoms with E-state index in [2.05, 4.69) is 22.4 Å². The zero-order chi connectivity index (χ0) is 13.9. The first-order valence-electron chi connectivity index (χ1n) is 6.72. The predicted molar refractivity (Wildman–Crippen MR) is 78.4 cm³/mol. The second-order valence-corrected chi connectivity index (χ2v) is 4.41. The van der Waals surface area contributed by atoms with E-state index in [-0.39, 0.29) is 18.9 Å². The molecule has 0 saturated carbocycles. The molecule has 0 amide bonds. The number of methoxy groups -OCH3 is 1. The molecule has 0 aliphatic carbocycles. The van der Waals surface area contributed by atoms with Gasteiger partial charge in [0.25, 0.3) is 0 Å². The Morgan fingerprint density at radius 3 is 2.68 bits per heavy atom. The van der Waals surface area contributed by atoms with E-state index in [0.717, 1.165) is 13.0 Å². The summed E-state index contributed by atoms with van der Waals surface area (Å²) in [6.07, 6.45) is 3.21. The predicted octanol–water partition coefficient (Wildman–Crippen LogP) is 1.98. The lowest BCUT2D eigenvalue weighted by Gasteiger charge is -2.20. The number of nitrogens with one attached hydrogen (secondary N) is 1. The van der Waals surface area contributed by atoms with Crippen LogP contribution in [0.4, 0.5) is 0 Å². The smallest absolute Gasteiger partial charge is 0.149 e. The van der Waals surface area contributed by atoms with Crippen LogP contribution in [0.1, 0.15) is 25.3 Å². The number of hydrogen-bond acceptors (Lipinski definition) is 4. The molecule has 2 N–H and O–H groups in total. The molecule has 0 aliphatic heterocycles. The summed E-state index contributed by atoms with van der Waals surface area (Å²) < 4.78 is 5.29. The van der Waals surface area contributed by atoms with Gasteiger partial charge in [0.2, 0.25) is 0 Å². The van der Waals surface area contributed by atoms with Gasteiger partial charge < -0.3 is 15.2 Å². The maximum atomic E-state index is 9.40. The number of aliphatic imine (C=N–C) groups is 1. The Balaban J connectivity index is 2.42. The highest BCUT2D eigenvalue weighted by atomic mass is 16.5. The van der Waals surface area contributed by atoms with Crippen LogP contribution in [0, 0.1) is 0 Å². The summed E-state index contributed by atoms with van der Waals surface area (Å²) in [4.78, 5) is 4.31. The van der Waals surface area contributed by atoms with Crippen LogP contribution >= 0.6 is 0 Å². The molecule has 0 fully saturated rings. The van der Waals surface area contributed by atoms with Crippen LogP contribution in [0.15, 0.2) is 35.3 Å². The van der Waals surface area contributed by atoms with E-state index >= 15 is 0 Å². The molecule has 0 bridgehead atoms. The average molecular weight is 264 g/mol. The number of hydrogen-bond donors (Lipinski definition) is 2. The van der Waals surface area contributed by atoms with Gasteiger partial charge in [0.05, 0.1) is 6.61 Å². The zero-order valence-electron chi connectivity index (χ0n) is 11.7. The number of benzene rings is 1. The van der Waals surface area contributed by atoms with E-state index in [0.29, 0.717) is 6.42 Å². The molecule has 106 valence electrons. The number of aliphatic hydroxyl groups is 1. The van der Waals surface area contributed by atoms with Crippen LogP contribution in [0.3, 0.4) is 0 Å². The molecule has 0 heterocycles. The molecule has 0 aromatic heterocycles. The van der Waals surface area contributed by atoms with Crippen molar-refractivity contribution in [2.45, 2.75) is 38.6 Å². The number of aliphatic hydroxyl groups excluding tert-OH is 1. The standard InChI is InChI=1S/C15H24N2O2/c1-3-9-16-15(19-2)10-14(12-18)17-11-13-7-5-4-6-8-13/h4-9,14-15,17-18H,3,10-12H2,1-2H3/b16-9-/t14-,15?/m0/s1. The quantitative estimate of drug-likeness (QED) is 0.671. The van der Waals surface area contributed by atoms with Crippen molar-refractivity contribution in [1.82, 2.24) is 5.32 Å². The van der Waals surface area contributed by atoms with Gasteiger partial charge in [-0.25, -0.2) is 0 Å². The molecule has 0 aliphatic rings. The molecule has 0 saturated heterocycles. The highest BCUT2D eigenvalue weighted by Crippen LogP contribution is 2.05. The fourth-order valence-corrected chi connectivity index (χ4v) is 1.76. The Morgan fingerprint density at radius 1 is 1.37 bits per heavy atom. The van der Waals surface area contributed by atoms with Gasteiger partial charge in [-0.3, -0.25) is 4.99 Å². The molecule has 19 heavy (non-hydrogen) atoms. The molecule has 1 rings (SSSR count). The summed E-state index contributed by atoms with van der Waals surface area (Å²) in [5.41, 5.74) is 1.20. The van der Waals surface area contributed by atoms with E-state index in [4.69, 9.17) is 4.74 Å². The van der Waals surface area contributed by atoms with E-state index in [1.165, 1.54) is 5.56 Å². The number of nitrogens with zero attached hydrogens (tertiary/aromatic N) is 1. The van der Waals surface area contributed by atoms with E-state index in [1.54, 1.807) is 7.11 Å². The fraction of sp³-hybridized carbons (Fsp3) is 0.533. The highest BCUT2D eigenvalue weighted by Gasteiger charge is 2.13. The number of ether oxygens (including phenoxy) is 1. The van der Waals surface area contributed by atoms with Crippen molar-refractivity contribution in [3.05, 3.63) is 35.9 Å². The first kappa shape index (κ1) is 15.8. The topological polar surface area (TPSA) is 53.9 Å². The molecule has 2 atom stereocenters. The van der Waals surface area contributed by atoms with E-state index in [9.17, 15) is 5.11 Å².